The van der Waals surface area contributed by atoms with E-state index < -0.39 is 16.3 Å². The molecule has 1 saturated heterocycles. The first-order valence-electron chi connectivity index (χ1n) is 6.66. The molecule has 1 heterocycles. The Morgan fingerprint density at radius 2 is 2.00 bits per heavy atom. The van der Waals surface area contributed by atoms with Crippen LogP contribution in [0.15, 0.2) is 17.0 Å². The summed E-state index contributed by atoms with van der Waals surface area (Å²) in [5.41, 5.74) is 1.49. The number of methoxy groups -OCH3 is 1. The number of aryl methyl sites for hydroxylation is 2. The largest absolute Gasteiger partial charge is 0.496 e. The quantitative estimate of drug-likeness (QED) is 0.857. The van der Waals surface area contributed by atoms with Crippen molar-refractivity contribution in [3.63, 3.8) is 0 Å². The van der Waals surface area contributed by atoms with E-state index in [9.17, 15) is 8.42 Å². The Morgan fingerprint density at radius 3 is 2.60 bits per heavy atom. The topological polar surface area (TPSA) is 55.8 Å². The Balaban J connectivity index is 2.46. The van der Waals surface area contributed by atoms with Gasteiger partial charge in [-0.15, -0.1) is 0 Å². The molecule has 0 spiro atoms. The van der Waals surface area contributed by atoms with E-state index in [-0.39, 0.29) is 0 Å². The van der Waals surface area contributed by atoms with Crippen molar-refractivity contribution in [2.24, 2.45) is 0 Å². The standard InChI is InChI=1S/C14H21NO4S/c1-10-9-14(11(2)8-13(10)18-4)20(16,17)15-6-5-7-19-12(15)3/h8-9,12H,5-7H2,1-4H3. The number of ether oxygens (including phenoxy) is 2. The fourth-order valence-corrected chi connectivity index (χ4v) is 4.31. The van der Waals surface area contributed by atoms with Crippen molar-refractivity contribution in [3.05, 3.63) is 23.3 Å². The molecule has 5 nitrogen and oxygen atoms in total. The molecule has 1 unspecified atom stereocenters. The van der Waals surface area contributed by atoms with Gasteiger partial charge in [-0.25, -0.2) is 8.42 Å². The Hall–Kier alpha value is -1.11. The monoisotopic (exact) mass is 299 g/mol. The van der Waals surface area contributed by atoms with Crippen LogP contribution in [0.2, 0.25) is 0 Å². The molecule has 0 amide bonds. The molecule has 0 aliphatic carbocycles. The summed E-state index contributed by atoms with van der Waals surface area (Å²) in [6, 6.07) is 3.43. The number of nitrogens with zero attached hydrogens (tertiary/aromatic N) is 1. The van der Waals surface area contributed by atoms with Crippen LogP contribution in [0.25, 0.3) is 0 Å². The van der Waals surface area contributed by atoms with Crippen LogP contribution in [0.1, 0.15) is 24.5 Å². The van der Waals surface area contributed by atoms with E-state index in [4.69, 9.17) is 9.47 Å². The molecule has 1 aliphatic rings. The molecule has 20 heavy (non-hydrogen) atoms. The number of rotatable bonds is 3. The number of benzene rings is 1. The molecule has 0 radical (unpaired) electrons. The zero-order chi connectivity index (χ0) is 14.9. The minimum absolute atomic E-state index is 0.327. The average molecular weight is 299 g/mol. The summed E-state index contributed by atoms with van der Waals surface area (Å²) in [5, 5.41) is 0. The molecule has 1 aromatic carbocycles. The summed E-state index contributed by atoms with van der Waals surface area (Å²) in [7, 11) is -1.96. The van der Waals surface area contributed by atoms with E-state index in [1.165, 1.54) is 4.31 Å². The van der Waals surface area contributed by atoms with Crippen molar-refractivity contribution < 1.29 is 17.9 Å². The second-order valence-corrected chi connectivity index (χ2v) is 6.89. The molecular formula is C14H21NO4S. The summed E-state index contributed by atoms with van der Waals surface area (Å²) >= 11 is 0. The molecule has 0 bridgehead atoms. The fraction of sp³-hybridized carbons (Fsp3) is 0.571. The van der Waals surface area contributed by atoms with Gasteiger partial charge in [-0.2, -0.15) is 4.31 Å². The van der Waals surface area contributed by atoms with Crippen molar-refractivity contribution in [3.8, 4) is 5.75 Å². The van der Waals surface area contributed by atoms with Gasteiger partial charge in [0, 0.05) is 13.2 Å². The highest BCUT2D eigenvalue weighted by molar-refractivity contribution is 7.89. The zero-order valence-electron chi connectivity index (χ0n) is 12.3. The lowest BCUT2D eigenvalue weighted by molar-refractivity contribution is -0.0410. The lowest BCUT2D eigenvalue weighted by atomic mass is 10.1. The molecule has 0 aromatic heterocycles. The Bertz CT molecular complexity index is 597. The SMILES string of the molecule is COc1cc(C)c(S(=O)(=O)N2CCCOC2C)cc1C. The first-order chi connectivity index (χ1) is 9.37. The van der Waals surface area contributed by atoms with E-state index in [0.29, 0.717) is 29.4 Å². The summed E-state index contributed by atoms with van der Waals surface area (Å²) in [6.45, 7) is 6.49. The summed E-state index contributed by atoms with van der Waals surface area (Å²) < 4.78 is 37.6. The van der Waals surface area contributed by atoms with Crippen LogP contribution in [0.4, 0.5) is 0 Å². The first-order valence-corrected chi connectivity index (χ1v) is 8.10. The van der Waals surface area contributed by atoms with Crippen molar-refractivity contribution >= 4 is 10.0 Å². The van der Waals surface area contributed by atoms with Gasteiger partial charge in [0.1, 0.15) is 12.0 Å². The molecule has 112 valence electrons. The van der Waals surface area contributed by atoms with Crippen molar-refractivity contribution in [2.75, 3.05) is 20.3 Å². The zero-order valence-corrected chi connectivity index (χ0v) is 13.2. The lowest BCUT2D eigenvalue weighted by Gasteiger charge is -2.32. The van der Waals surface area contributed by atoms with Gasteiger partial charge in [0.2, 0.25) is 10.0 Å². The van der Waals surface area contributed by atoms with E-state index >= 15 is 0 Å². The third-order valence-electron chi connectivity index (χ3n) is 3.57. The van der Waals surface area contributed by atoms with Gasteiger partial charge in [-0.1, -0.05) is 0 Å². The van der Waals surface area contributed by atoms with Gasteiger partial charge >= 0.3 is 0 Å². The highest BCUT2D eigenvalue weighted by atomic mass is 32.2. The van der Waals surface area contributed by atoms with Crippen molar-refractivity contribution in [2.45, 2.75) is 38.3 Å². The third-order valence-corrected chi connectivity index (χ3v) is 5.66. The minimum atomic E-state index is -3.54. The maximum Gasteiger partial charge on any atom is 0.245 e. The summed E-state index contributed by atoms with van der Waals surface area (Å²) in [6.07, 6.45) is 0.299. The van der Waals surface area contributed by atoms with Gasteiger partial charge in [-0.05, 0) is 50.5 Å². The maximum atomic E-state index is 12.8. The van der Waals surface area contributed by atoms with E-state index in [1.54, 1.807) is 33.1 Å². The molecule has 2 rings (SSSR count). The molecule has 1 aromatic rings. The van der Waals surface area contributed by atoms with E-state index in [1.807, 2.05) is 6.92 Å². The van der Waals surface area contributed by atoms with Crippen LogP contribution in [-0.4, -0.2) is 39.2 Å². The molecule has 1 atom stereocenters. The summed E-state index contributed by atoms with van der Waals surface area (Å²) in [5.74, 6) is 0.699. The highest BCUT2D eigenvalue weighted by Gasteiger charge is 2.33. The molecule has 1 fully saturated rings. The Labute approximate surface area is 120 Å². The number of sulfonamides is 1. The minimum Gasteiger partial charge on any atom is -0.496 e. The van der Waals surface area contributed by atoms with Crippen LogP contribution >= 0.6 is 0 Å². The van der Waals surface area contributed by atoms with E-state index in [0.717, 1.165) is 12.0 Å². The van der Waals surface area contributed by atoms with Crippen molar-refractivity contribution in [1.29, 1.82) is 0 Å². The van der Waals surface area contributed by atoms with Crippen LogP contribution in [0, 0.1) is 13.8 Å². The second-order valence-electron chi connectivity index (χ2n) is 5.03. The van der Waals surface area contributed by atoms with Crippen LogP contribution in [-0.2, 0) is 14.8 Å². The van der Waals surface area contributed by atoms with Crippen LogP contribution < -0.4 is 4.74 Å². The highest BCUT2D eigenvalue weighted by Crippen LogP contribution is 2.29. The predicted octanol–water partition coefficient (Wildman–Crippen LogP) is 2.07. The number of hydrogen-bond donors (Lipinski definition) is 0. The third kappa shape index (κ3) is 2.68. The fourth-order valence-electron chi connectivity index (χ4n) is 2.44. The molecule has 0 saturated carbocycles. The van der Waals surface area contributed by atoms with Gasteiger partial charge in [-0.3, -0.25) is 0 Å². The smallest absolute Gasteiger partial charge is 0.245 e. The van der Waals surface area contributed by atoms with Crippen LogP contribution in [0.3, 0.4) is 0 Å². The lowest BCUT2D eigenvalue weighted by Crippen LogP contribution is -2.44. The molecule has 6 heteroatoms. The van der Waals surface area contributed by atoms with Gasteiger partial charge in [0.15, 0.2) is 0 Å². The van der Waals surface area contributed by atoms with Gasteiger partial charge < -0.3 is 9.47 Å². The number of hydrogen-bond acceptors (Lipinski definition) is 4. The summed E-state index contributed by atoms with van der Waals surface area (Å²) in [4.78, 5) is 0.327. The average Bonchev–Trinajstić information content (AvgIpc) is 2.41. The van der Waals surface area contributed by atoms with E-state index in [2.05, 4.69) is 0 Å². The molecule has 1 aliphatic heterocycles. The Kier molecular flexibility index (Phi) is 4.36. The van der Waals surface area contributed by atoms with Crippen molar-refractivity contribution in [1.82, 2.24) is 4.31 Å². The Morgan fingerprint density at radius 1 is 1.30 bits per heavy atom. The van der Waals surface area contributed by atoms with Gasteiger partial charge in [0.05, 0.1) is 12.0 Å². The maximum absolute atomic E-state index is 12.8. The van der Waals surface area contributed by atoms with Gasteiger partial charge in [0.25, 0.3) is 0 Å². The molecular weight excluding hydrogens is 278 g/mol. The normalized spacial score (nSPS) is 20.9. The molecule has 0 N–H and O–H groups in total. The first kappa shape index (κ1) is 15.3. The second kappa shape index (κ2) is 5.71. The van der Waals surface area contributed by atoms with Crippen LogP contribution in [0.5, 0.6) is 5.75 Å². The predicted molar refractivity (Wildman–Crippen MR) is 76.4 cm³/mol.